The number of H-pyrrole nitrogens is 1. The van der Waals surface area contributed by atoms with E-state index < -0.39 is 0 Å². The Hall–Kier alpha value is -2.77. The molecule has 7 heteroatoms. The summed E-state index contributed by atoms with van der Waals surface area (Å²) in [5, 5.41) is 3.63. The average Bonchev–Trinajstić information content (AvgIpc) is 3.06. The molecule has 1 aromatic heterocycles. The number of carbonyl (C=O) groups excluding carboxylic acids is 1. The zero-order valence-electron chi connectivity index (χ0n) is 14.4. The van der Waals surface area contributed by atoms with Crippen molar-refractivity contribution in [3.8, 4) is 11.4 Å². The Morgan fingerprint density at radius 2 is 2.00 bits per heavy atom. The smallest absolute Gasteiger partial charge is 0.238 e. The van der Waals surface area contributed by atoms with Gasteiger partial charge in [-0.15, -0.1) is 0 Å². The van der Waals surface area contributed by atoms with E-state index in [4.69, 9.17) is 4.74 Å². The molecule has 0 radical (unpaired) electrons. The number of fused-ring (bicyclic) bond motifs is 1. The summed E-state index contributed by atoms with van der Waals surface area (Å²) in [4.78, 5) is 19.8. The average molecular weight is 354 g/mol. The molecule has 1 aliphatic rings. The van der Waals surface area contributed by atoms with Gasteiger partial charge in [0, 0.05) is 20.0 Å². The first kappa shape index (κ1) is 16.7. The number of carbonyl (C=O) groups is 1. The molecule has 1 N–H and O–H groups in total. The number of ether oxygens (including phenoxy) is 1. The summed E-state index contributed by atoms with van der Waals surface area (Å²) >= 11 is 0. The number of aromatic amines is 1. The van der Waals surface area contributed by atoms with Gasteiger partial charge in [0.25, 0.3) is 0 Å². The molecule has 2 heterocycles. The van der Waals surface area contributed by atoms with Crippen molar-refractivity contribution in [1.82, 2.24) is 15.0 Å². The molecule has 0 spiro atoms. The van der Waals surface area contributed by atoms with Crippen LogP contribution >= 0.6 is 0 Å². The molecule has 0 atom stereocenters. The van der Waals surface area contributed by atoms with Crippen molar-refractivity contribution in [3.63, 3.8) is 0 Å². The molecule has 3 aromatic rings. The third-order valence-corrected chi connectivity index (χ3v) is 4.41. The number of benzene rings is 2. The van der Waals surface area contributed by atoms with Crippen molar-refractivity contribution in [2.24, 2.45) is 0 Å². The molecular weight excluding hydrogens is 335 g/mol. The predicted molar refractivity (Wildman–Crippen MR) is 97.0 cm³/mol. The summed E-state index contributed by atoms with van der Waals surface area (Å²) < 4.78 is 19.4. The molecule has 0 unspecified atom stereocenters. The number of morpholine rings is 1. The molecule has 6 nitrogen and oxygen atoms in total. The second-order valence-electron chi connectivity index (χ2n) is 6.16. The topological polar surface area (TPSA) is 61.5 Å². The minimum absolute atomic E-state index is 0.0694. The van der Waals surface area contributed by atoms with Crippen LogP contribution in [-0.2, 0) is 9.53 Å². The molecule has 1 aliphatic heterocycles. The number of hydrogen-bond donors (Lipinski definition) is 1. The maximum atomic E-state index is 14.0. The van der Waals surface area contributed by atoms with E-state index >= 15 is 0 Å². The molecule has 0 bridgehead atoms. The van der Waals surface area contributed by atoms with E-state index in [0.717, 1.165) is 16.7 Å². The fourth-order valence-electron chi connectivity index (χ4n) is 3.21. The second kappa shape index (κ2) is 6.86. The fraction of sp³-hybridized carbons (Fsp3) is 0.263. The summed E-state index contributed by atoms with van der Waals surface area (Å²) in [7, 11) is 0. The number of halogens is 1. The minimum atomic E-state index is -0.328. The maximum absolute atomic E-state index is 14.0. The number of amides is 1. The Balaban J connectivity index is 1.72. The van der Waals surface area contributed by atoms with E-state index in [0.29, 0.717) is 37.7 Å². The highest BCUT2D eigenvalue weighted by Crippen LogP contribution is 2.27. The van der Waals surface area contributed by atoms with E-state index in [1.165, 1.54) is 13.0 Å². The lowest BCUT2D eigenvalue weighted by Gasteiger charge is -2.36. The van der Waals surface area contributed by atoms with Gasteiger partial charge in [0.2, 0.25) is 5.91 Å². The third kappa shape index (κ3) is 3.07. The number of anilines is 1. The molecule has 26 heavy (non-hydrogen) atoms. The van der Waals surface area contributed by atoms with Gasteiger partial charge < -0.3 is 9.72 Å². The first-order valence-corrected chi connectivity index (χ1v) is 8.51. The van der Waals surface area contributed by atoms with E-state index in [9.17, 15) is 9.18 Å². The molecular formula is C19H19FN4O2. The van der Waals surface area contributed by atoms with Gasteiger partial charge in [-0.2, -0.15) is 0 Å². The SMILES string of the molecule is CC(=O)N(c1ccc2nc(-c3ccccc3F)[nH]c2c1)N1CCOCC1. The van der Waals surface area contributed by atoms with E-state index in [-0.39, 0.29) is 11.7 Å². The number of nitrogens with one attached hydrogen (secondary N) is 1. The Bertz CT molecular complexity index is 950. The number of nitrogens with zero attached hydrogens (tertiary/aromatic N) is 3. The van der Waals surface area contributed by atoms with Crippen molar-refractivity contribution in [1.29, 1.82) is 0 Å². The van der Waals surface area contributed by atoms with Crippen LogP contribution in [0.2, 0.25) is 0 Å². The molecule has 1 saturated heterocycles. The fourth-order valence-corrected chi connectivity index (χ4v) is 3.21. The minimum Gasteiger partial charge on any atom is -0.379 e. The highest BCUT2D eigenvalue weighted by atomic mass is 19.1. The van der Waals surface area contributed by atoms with Crippen LogP contribution in [0.15, 0.2) is 42.5 Å². The van der Waals surface area contributed by atoms with Gasteiger partial charge in [-0.05, 0) is 30.3 Å². The van der Waals surface area contributed by atoms with Crippen molar-refractivity contribution in [2.75, 3.05) is 31.3 Å². The van der Waals surface area contributed by atoms with E-state index in [1.54, 1.807) is 23.2 Å². The second-order valence-corrected chi connectivity index (χ2v) is 6.16. The molecule has 4 rings (SSSR count). The van der Waals surface area contributed by atoms with Crippen molar-refractivity contribution >= 4 is 22.6 Å². The highest BCUT2D eigenvalue weighted by molar-refractivity contribution is 5.93. The number of aromatic nitrogens is 2. The normalized spacial score (nSPS) is 15.3. The summed E-state index contributed by atoms with van der Waals surface area (Å²) in [6, 6.07) is 12.1. The first-order valence-electron chi connectivity index (χ1n) is 8.51. The Labute approximate surface area is 150 Å². The van der Waals surface area contributed by atoms with Crippen molar-refractivity contribution in [2.45, 2.75) is 6.92 Å². The molecule has 134 valence electrons. The Morgan fingerprint density at radius 3 is 2.73 bits per heavy atom. The third-order valence-electron chi connectivity index (χ3n) is 4.41. The maximum Gasteiger partial charge on any atom is 0.238 e. The summed E-state index contributed by atoms with van der Waals surface area (Å²) in [5.41, 5.74) is 2.63. The summed E-state index contributed by atoms with van der Waals surface area (Å²) in [5.74, 6) is 0.0709. The molecule has 0 aliphatic carbocycles. The summed E-state index contributed by atoms with van der Waals surface area (Å²) in [6.07, 6.45) is 0. The Morgan fingerprint density at radius 1 is 1.23 bits per heavy atom. The lowest BCUT2D eigenvalue weighted by atomic mass is 10.2. The summed E-state index contributed by atoms with van der Waals surface area (Å²) in [6.45, 7) is 4.03. The number of hydrazine groups is 1. The van der Waals surface area contributed by atoms with E-state index in [1.807, 2.05) is 23.2 Å². The van der Waals surface area contributed by atoms with Crippen LogP contribution in [0.3, 0.4) is 0 Å². The Kier molecular flexibility index (Phi) is 4.40. The highest BCUT2D eigenvalue weighted by Gasteiger charge is 2.23. The zero-order valence-corrected chi connectivity index (χ0v) is 14.4. The molecule has 2 aromatic carbocycles. The van der Waals surface area contributed by atoms with Gasteiger partial charge in [0.05, 0.1) is 35.5 Å². The van der Waals surface area contributed by atoms with Crippen LogP contribution in [0.25, 0.3) is 22.4 Å². The predicted octanol–water partition coefficient (Wildman–Crippen LogP) is 2.97. The van der Waals surface area contributed by atoms with E-state index in [2.05, 4.69) is 9.97 Å². The molecule has 1 fully saturated rings. The van der Waals surface area contributed by atoms with Crippen LogP contribution in [-0.4, -0.2) is 47.2 Å². The zero-order chi connectivity index (χ0) is 18.1. The van der Waals surface area contributed by atoms with Gasteiger partial charge in [-0.3, -0.25) is 4.79 Å². The van der Waals surface area contributed by atoms with Gasteiger partial charge >= 0.3 is 0 Å². The van der Waals surface area contributed by atoms with Gasteiger partial charge in [-0.1, -0.05) is 12.1 Å². The number of rotatable bonds is 3. The molecule has 1 amide bonds. The van der Waals surface area contributed by atoms with Crippen LogP contribution in [0, 0.1) is 5.82 Å². The van der Waals surface area contributed by atoms with Crippen LogP contribution in [0.4, 0.5) is 10.1 Å². The van der Waals surface area contributed by atoms with Gasteiger partial charge in [-0.25, -0.2) is 19.4 Å². The van der Waals surface area contributed by atoms with Crippen LogP contribution in [0.1, 0.15) is 6.92 Å². The standard InChI is InChI=1S/C19H19FN4O2/c1-13(25)24(23-8-10-26-11-9-23)14-6-7-17-18(12-14)22-19(21-17)15-4-2-3-5-16(15)20/h2-7,12H,8-11H2,1H3,(H,21,22). The van der Waals surface area contributed by atoms with Crippen molar-refractivity contribution < 1.29 is 13.9 Å². The first-order chi connectivity index (χ1) is 12.6. The van der Waals surface area contributed by atoms with Crippen LogP contribution < -0.4 is 5.01 Å². The number of hydrogen-bond acceptors (Lipinski definition) is 4. The van der Waals surface area contributed by atoms with Crippen molar-refractivity contribution in [3.05, 3.63) is 48.3 Å². The lowest BCUT2D eigenvalue weighted by Crippen LogP contribution is -2.51. The van der Waals surface area contributed by atoms with Crippen LogP contribution in [0.5, 0.6) is 0 Å². The monoisotopic (exact) mass is 354 g/mol. The quantitative estimate of drug-likeness (QED) is 0.786. The lowest BCUT2D eigenvalue weighted by molar-refractivity contribution is -0.120. The van der Waals surface area contributed by atoms with Gasteiger partial charge in [0.1, 0.15) is 11.6 Å². The largest absolute Gasteiger partial charge is 0.379 e. The van der Waals surface area contributed by atoms with Gasteiger partial charge in [0.15, 0.2) is 0 Å². The number of imidazole rings is 1. The molecule has 0 saturated carbocycles.